The summed E-state index contributed by atoms with van der Waals surface area (Å²) in [6.45, 7) is 2.04. The lowest BCUT2D eigenvalue weighted by Crippen LogP contribution is -2.64. The Kier molecular flexibility index (Phi) is 5.90. The van der Waals surface area contributed by atoms with Crippen LogP contribution >= 0.6 is 0 Å². The van der Waals surface area contributed by atoms with Gasteiger partial charge in [-0.15, -0.1) is 0 Å². The zero-order valence-electron chi connectivity index (χ0n) is 18.6. The fraction of sp³-hybridized carbons (Fsp3) is 0.478. The minimum atomic E-state index is -1.20. The molecule has 0 bridgehead atoms. The summed E-state index contributed by atoms with van der Waals surface area (Å²) in [4.78, 5) is 40.7. The topological polar surface area (TPSA) is 103 Å². The number of rotatable bonds is 6. The molecule has 0 saturated heterocycles. The molecule has 170 valence electrons. The molecule has 1 fully saturated rings. The molecular weight excluding hydrogens is 412 g/mol. The standard InChI is InChI=1S/C23H28N4O5/c1-23(22(30)24-16-9-5-6-10-16)14-27-18(12-17(25-27)21(29)32-3)20(28)26(23)13-15-8-4-7-11-19(15)31-2/h4,7-8,11-12,16H,5-6,9-10,13-14H2,1-3H3,(H,24,30)/t23-/m1/s1. The molecule has 2 amide bonds. The number of benzene rings is 1. The molecule has 0 unspecified atom stereocenters. The fourth-order valence-corrected chi connectivity index (χ4v) is 4.51. The Morgan fingerprint density at radius 2 is 1.94 bits per heavy atom. The van der Waals surface area contributed by atoms with E-state index in [1.54, 1.807) is 18.9 Å². The number of carbonyl (C=O) groups excluding carboxylic acids is 3. The van der Waals surface area contributed by atoms with Gasteiger partial charge >= 0.3 is 5.97 Å². The summed E-state index contributed by atoms with van der Waals surface area (Å²) < 4.78 is 11.6. The summed E-state index contributed by atoms with van der Waals surface area (Å²) in [5.41, 5.74) is -0.142. The lowest BCUT2D eigenvalue weighted by atomic mass is 9.93. The van der Waals surface area contributed by atoms with Crippen LogP contribution in [0.5, 0.6) is 5.75 Å². The lowest BCUT2D eigenvalue weighted by molar-refractivity contribution is -0.134. The Morgan fingerprint density at radius 1 is 1.22 bits per heavy atom. The van der Waals surface area contributed by atoms with E-state index >= 15 is 0 Å². The van der Waals surface area contributed by atoms with E-state index in [0.717, 1.165) is 31.2 Å². The van der Waals surface area contributed by atoms with Crippen LogP contribution in [0.4, 0.5) is 0 Å². The minimum absolute atomic E-state index is 0.0357. The fourth-order valence-electron chi connectivity index (χ4n) is 4.51. The number of carbonyl (C=O) groups is 3. The molecule has 1 aromatic carbocycles. The second-order valence-corrected chi connectivity index (χ2v) is 8.50. The average molecular weight is 441 g/mol. The van der Waals surface area contributed by atoms with Gasteiger partial charge in [0.2, 0.25) is 5.91 Å². The van der Waals surface area contributed by atoms with Crippen LogP contribution in [0.1, 0.15) is 59.1 Å². The van der Waals surface area contributed by atoms with Crippen LogP contribution in [-0.2, 0) is 22.6 Å². The van der Waals surface area contributed by atoms with E-state index < -0.39 is 11.5 Å². The number of nitrogens with zero attached hydrogens (tertiary/aromatic N) is 3. The Morgan fingerprint density at radius 3 is 2.62 bits per heavy atom. The lowest BCUT2D eigenvalue weighted by Gasteiger charge is -2.43. The average Bonchev–Trinajstić information content (AvgIpc) is 3.46. The van der Waals surface area contributed by atoms with E-state index in [1.165, 1.54) is 17.9 Å². The third kappa shape index (κ3) is 3.83. The van der Waals surface area contributed by atoms with Gasteiger partial charge in [0, 0.05) is 17.7 Å². The molecule has 1 aliphatic heterocycles. The van der Waals surface area contributed by atoms with Crippen molar-refractivity contribution in [3.8, 4) is 5.75 Å². The maximum atomic E-state index is 13.6. The number of para-hydroxylation sites is 1. The van der Waals surface area contributed by atoms with Gasteiger partial charge in [-0.05, 0) is 25.8 Å². The molecule has 0 radical (unpaired) electrons. The van der Waals surface area contributed by atoms with Gasteiger partial charge in [-0.1, -0.05) is 31.0 Å². The number of hydrogen-bond donors (Lipinski definition) is 1. The zero-order chi connectivity index (χ0) is 22.9. The van der Waals surface area contributed by atoms with Crippen LogP contribution in [0.3, 0.4) is 0 Å². The highest BCUT2D eigenvalue weighted by molar-refractivity contribution is 6.01. The first-order chi connectivity index (χ1) is 15.4. The number of ether oxygens (including phenoxy) is 2. The second-order valence-electron chi connectivity index (χ2n) is 8.50. The van der Waals surface area contributed by atoms with Crippen LogP contribution in [0.15, 0.2) is 30.3 Å². The molecule has 1 N–H and O–H groups in total. The normalized spacial score (nSPS) is 20.7. The Labute approximate surface area is 186 Å². The van der Waals surface area contributed by atoms with Crippen molar-refractivity contribution in [1.82, 2.24) is 20.0 Å². The largest absolute Gasteiger partial charge is 0.496 e. The highest BCUT2D eigenvalue weighted by Gasteiger charge is 2.49. The number of nitrogens with one attached hydrogen (secondary N) is 1. The molecule has 1 aromatic heterocycles. The smallest absolute Gasteiger partial charge is 0.358 e. The van der Waals surface area contributed by atoms with Crippen molar-refractivity contribution in [1.29, 1.82) is 0 Å². The number of hydrogen-bond acceptors (Lipinski definition) is 6. The first kappa shape index (κ1) is 21.9. The molecule has 1 saturated carbocycles. The van der Waals surface area contributed by atoms with Gasteiger partial charge < -0.3 is 19.7 Å². The van der Waals surface area contributed by atoms with E-state index in [9.17, 15) is 14.4 Å². The first-order valence-electron chi connectivity index (χ1n) is 10.8. The molecule has 9 nitrogen and oxygen atoms in total. The van der Waals surface area contributed by atoms with Crippen LogP contribution < -0.4 is 10.1 Å². The van der Waals surface area contributed by atoms with Gasteiger partial charge in [-0.25, -0.2) is 4.79 Å². The summed E-state index contributed by atoms with van der Waals surface area (Å²) in [7, 11) is 2.83. The molecule has 32 heavy (non-hydrogen) atoms. The third-order valence-corrected chi connectivity index (χ3v) is 6.39. The summed E-state index contributed by atoms with van der Waals surface area (Å²) in [5.74, 6) is -0.608. The predicted molar refractivity (Wildman–Crippen MR) is 115 cm³/mol. The quantitative estimate of drug-likeness (QED) is 0.691. The molecule has 9 heteroatoms. The molecule has 1 atom stereocenters. The summed E-state index contributed by atoms with van der Waals surface area (Å²) >= 11 is 0. The molecule has 0 spiro atoms. The van der Waals surface area contributed by atoms with E-state index in [2.05, 4.69) is 10.4 Å². The van der Waals surface area contributed by atoms with Gasteiger partial charge in [-0.3, -0.25) is 14.3 Å². The van der Waals surface area contributed by atoms with Crippen molar-refractivity contribution in [3.05, 3.63) is 47.3 Å². The Bertz CT molecular complexity index is 1040. The first-order valence-corrected chi connectivity index (χ1v) is 10.8. The van der Waals surface area contributed by atoms with E-state index in [-0.39, 0.29) is 42.3 Å². The highest BCUT2D eigenvalue weighted by atomic mass is 16.5. The minimum Gasteiger partial charge on any atom is -0.496 e. The van der Waals surface area contributed by atoms with Crippen molar-refractivity contribution < 1.29 is 23.9 Å². The maximum absolute atomic E-state index is 13.6. The van der Waals surface area contributed by atoms with Crippen molar-refractivity contribution in [2.24, 2.45) is 0 Å². The molecule has 2 aromatic rings. The number of esters is 1. The van der Waals surface area contributed by atoms with Crippen molar-refractivity contribution in [2.75, 3.05) is 14.2 Å². The zero-order valence-corrected chi connectivity index (χ0v) is 18.6. The molecule has 1 aliphatic carbocycles. The predicted octanol–water partition coefficient (Wildman–Crippen LogP) is 2.15. The van der Waals surface area contributed by atoms with Crippen LogP contribution in [0, 0.1) is 0 Å². The van der Waals surface area contributed by atoms with E-state index in [4.69, 9.17) is 9.47 Å². The third-order valence-electron chi connectivity index (χ3n) is 6.39. The van der Waals surface area contributed by atoms with Gasteiger partial charge in [0.1, 0.15) is 17.0 Å². The van der Waals surface area contributed by atoms with Crippen molar-refractivity contribution in [3.63, 3.8) is 0 Å². The molecule has 2 aliphatic rings. The van der Waals surface area contributed by atoms with Gasteiger partial charge in [-0.2, -0.15) is 5.10 Å². The van der Waals surface area contributed by atoms with Gasteiger partial charge in [0.15, 0.2) is 5.69 Å². The number of fused-ring (bicyclic) bond motifs is 1. The second kappa shape index (κ2) is 8.64. The molecule has 4 rings (SSSR count). The molecule has 2 heterocycles. The summed E-state index contributed by atoms with van der Waals surface area (Å²) in [6.07, 6.45) is 4.03. The molecular formula is C23H28N4O5. The van der Waals surface area contributed by atoms with E-state index in [1.807, 2.05) is 24.3 Å². The maximum Gasteiger partial charge on any atom is 0.358 e. The Hall–Kier alpha value is -3.36. The van der Waals surface area contributed by atoms with Gasteiger partial charge in [0.05, 0.1) is 27.3 Å². The Balaban J connectivity index is 1.73. The van der Waals surface area contributed by atoms with Crippen molar-refractivity contribution in [2.45, 2.75) is 57.3 Å². The van der Waals surface area contributed by atoms with Crippen LogP contribution in [0.25, 0.3) is 0 Å². The number of methoxy groups -OCH3 is 2. The number of amides is 2. The van der Waals surface area contributed by atoms with Crippen LogP contribution in [0.2, 0.25) is 0 Å². The van der Waals surface area contributed by atoms with Crippen molar-refractivity contribution >= 4 is 17.8 Å². The summed E-state index contributed by atoms with van der Waals surface area (Å²) in [5, 5.41) is 7.38. The van der Waals surface area contributed by atoms with Crippen LogP contribution in [-0.4, -0.2) is 58.3 Å². The SMILES string of the molecule is COC(=O)c1cc2n(n1)C[C@](C)(C(=O)NC1CCCC1)N(Cc1ccccc1OC)C2=O. The summed E-state index contributed by atoms with van der Waals surface area (Å²) in [6, 6.07) is 8.92. The highest BCUT2D eigenvalue weighted by Crippen LogP contribution is 2.32. The number of aromatic nitrogens is 2. The van der Waals surface area contributed by atoms with E-state index in [0.29, 0.717) is 5.75 Å². The monoisotopic (exact) mass is 440 g/mol. The van der Waals surface area contributed by atoms with Gasteiger partial charge in [0.25, 0.3) is 5.91 Å².